The minimum Gasteiger partial charge on any atom is -0.384 e. The predicted molar refractivity (Wildman–Crippen MR) is 504 cm³/mol. The number of carbonyl (C=O) groups is 5. The van der Waals surface area contributed by atoms with Crippen molar-refractivity contribution in [1.82, 2.24) is 91.4 Å². The number of alkyl halides is 4. The number of nitrogens with one attached hydrogen (secondary N) is 9. The van der Waals surface area contributed by atoms with E-state index in [9.17, 15) is 28.8 Å². The summed E-state index contributed by atoms with van der Waals surface area (Å²) in [5.74, 6) is -1.54. The number of anilines is 2. The van der Waals surface area contributed by atoms with E-state index < -0.39 is 90.6 Å². The number of hydrogen-bond donors (Lipinski definition) is 9. The van der Waals surface area contributed by atoms with Crippen molar-refractivity contribution in [3.8, 4) is 16.9 Å². The summed E-state index contributed by atoms with van der Waals surface area (Å²) in [7, 11) is 0. The molecule has 7 amide bonds. The van der Waals surface area contributed by atoms with Crippen LogP contribution in [0.1, 0.15) is 196 Å². The van der Waals surface area contributed by atoms with Crippen LogP contribution in [0.5, 0.6) is 0 Å². The molecule has 0 radical (unpaired) electrons. The van der Waals surface area contributed by atoms with Crippen LogP contribution in [0.4, 0.5) is 47.4 Å². The molecule has 22 unspecified atom stereocenters. The van der Waals surface area contributed by atoms with Gasteiger partial charge in [-0.1, -0.05) is 85.5 Å². The maximum Gasteiger partial charge on any atom is 0.355 e. The molecule has 132 heavy (non-hydrogen) atoms. The lowest BCUT2D eigenvalue weighted by molar-refractivity contribution is -0.137. The van der Waals surface area contributed by atoms with E-state index >= 15 is 26.3 Å². The van der Waals surface area contributed by atoms with Crippen LogP contribution >= 0.6 is 0 Å². The second-order valence-electron chi connectivity index (χ2n) is 41.9. The van der Waals surface area contributed by atoms with Crippen LogP contribution in [0.15, 0.2) is 85.2 Å². The maximum absolute atomic E-state index is 16.6. The lowest BCUT2D eigenvalue weighted by Gasteiger charge is -2.60. The number of hydrogen-bond acceptors (Lipinski definition) is 18. The third-order valence-corrected chi connectivity index (χ3v) is 32.6. The summed E-state index contributed by atoms with van der Waals surface area (Å²) in [4.78, 5) is 106. The number of benzene rings is 2. The van der Waals surface area contributed by atoms with Crippen molar-refractivity contribution in [2.75, 3.05) is 82.2 Å². The summed E-state index contributed by atoms with van der Waals surface area (Å²) < 4.78 is 98.0. The molecule has 0 spiro atoms. The van der Waals surface area contributed by atoms with Crippen LogP contribution in [0.2, 0.25) is 0 Å². The Morgan fingerprint density at radius 2 is 0.985 bits per heavy atom. The highest BCUT2D eigenvalue weighted by Gasteiger charge is 2.61. The highest BCUT2D eigenvalue weighted by atomic mass is 19.2. The first-order valence-electron chi connectivity index (χ1n) is 49.9. The number of amides is 7. The van der Waals surface area contributed by atoms with Crippen LogP contribution in [0, 0.1) is 59.0 Å². The van der Waals surface area contributed by atoms with Gasteiger partial charge in [-0.15, -0.1) is 0 Å². The largest absolute Gasteiger partial charge is 0.384 e. The number of halogens is 6. The van der Waals surface area contributed by atoms with Gasteiger partial charge in [-0.2, -0.15) is 4.98 Å². The number of fused-ring (bicyclic) bond motifs is 15. The van der Waals surface area contributed by atoms with E-state index in [1.165, 1.54) is 34.9 Å². The molecule has 2 saturated carbocycles. The number of pyridine rings is 1. The molecule has 14 aliphatic rings. The molecule has 724 valence electrons. The van der Waals surface area contributed by atoms with Crippen molar-refractivity contribution < 1.29 is 50.3 Å². The minimum absolute atomic E-state index is 0.0146. The zero-order valence-corrected chi connectivity index (χ0v) is 79.5. The molecule has 13 fully saturated rings. The lowest BCUT2D eigenvalue weighted by Crippen LogP contribution is -2.80. The Kier molecular flexibility index (Phi) is 30.1. The standard InChI is InChI=1S/C34H36F2N6O2.2C33H55F2N7O2/c1-6-28(43)40-17-21(5)41(18-20(40)4)32-24-16-26(36)30-29-25(35)13-8-14-27(29)37-15-9-11-22-10-7-12-23(19(2)3)31(22)42(33(24)38-30)34(44)39-32;2*1-6-26(43)40-16-20(5)41(17-19(40)4)31-22-15-24(35)29-27-23(34)10-7-11-25(27)36-13-8-9-21-12-14-37-28(18(2)3)30(21)42(32(22)38-29)33(44)39-31/h6-8,10,12-14,16,19-21,37H,1,9,11,15,17-18H2,2-5H3;2*6,18-25,27-32,36-38H,1,7-17H2,2-5H3,(H,39,44)/t20-,21+;2*19-,20+,21?,22?,23?,24?,25?,27?,28?,29?,30?,31?,32?/m111/s1. The number of carbonyl (C=O) groups excluding carboxylic acids is 5. The molecular formula is C100H146F6N20O6. The molecule has 14 heterocycles. The number of aromatic nitrogens is 3. The van der Waals surface area contributed by atoms with Crippen molar-refractivity contribution in [2.24, 2.45) is 47.3 Å². The highest BCUT2D eigenvalue weighted by molar-refractivity contribution is 5.93. The quantitative estimate of drug-likeness (QED) is 0.0557. The minimum atomic E-state index is -1.23. The van der Waals surface area contributed by atoms with Gasteiger partial charge in [0.2, 0.25) is 17.7 Å². The van der Waals surface area contributed by atoms with Crippen LogP contribution < -0.4 is 58.4 Å². The van der Waals surface area contributed by atoms with E-state index in [0.29, 0.717) is 112 Å². The maximum atomic E-state index is 16.6. The van der Waals surface area contributed by atoms with Gasteiger partial charge in [0.05, 0.1) is 53.4 Å². The Hall–Kier alpha value is -8.24. The molecule has 11 saturated heterocycles. The number of para-hydroxylation sites is 1. The number of rotatable bonds is 9. The van der Waals surface area contributed by atoms with Crippen molar-refractivity contribution in [1.29, 1.82) is 0 Å². The summed E-state index contributed by atoms with van der Waals surface area (Å²) in [5, 5.41) is 32.6. The summed E-state index contributed by atoms with van der Waals surface area (Å²) in [6.07, 6.45) is 9.72. The molecule has 18 rings (SSSR count). The van der Waals surface area contributed by atoms with Gasteiger partial charge >= 0.3 is 17.8 Å². The highest BCUT2D eigenvalue weighted by Crippen LogP contribution is 2.48. The van der Waals surface area contributed by atoms with Crippen molar-refractivity contribution >= 4 is 52.3 Å². The molecule has 9 N–H and O–H groups in total. The first kappa shape index (κ1) is 96.9. The summed E-state index contributed by atoms with van der Waals surface area (Å²) >= 11 is 0. The Labute approximate surface area is 776 Å². The Balaban J connectivity index is 0.000000144. The van der Waals surface area contributed by atoms with E-state index in [1.54, 1.807) is 17.0 Å². The van der Waals surface area contributed by atoms with E-state index in [4.69, 9.17) is 4.98 Å². The fourth-order valence-electron chi connectivity index (χ4n) is 26.2. The summed E-state index contributed by atoms with van der Waals surface area (Å²) in [5.41, 5.74) is 2.46. The first-order chi connectivity index (χ1) is 63.3. The number of urea groups is 2. The second kappa shape index (κ2) is 41.0. The smallest absolute Gasteiger partial charge is 0.355 e. The lowest BCUT2D eigenvalue weighted by atomic mass is 9.71. The third kappa shape index (κ3) is 18.9. The zero-order chi connectivity index (χ0) is 93.9. The summed E-state index contributed by atoms with van der Waals surface area (Å²) in [6.45, 7) is 42.8. The third-order valence-electron chi connectivity index (χ3n) is 32.6. The molecule has 2 aromatic carbocycles. The number of piperidine rings is 4. The molecule has 2 aromatic heterocycles. The molecule has 28 atom stereocenters. The topological polar surface area (TPSA) is 267 Å². The molecule has 32 heteroatoms. The first-order valence-corrected chi connectivity index (χ1v) is 49.9. The number of aryl methyl sites for hydroxylation is 1. The predicted octanol–water partition coefficient (Wildman–Crippen LogP) is 11.8. The molecule has 4 aromatic rings. The van der Waals surface area contributed by atoms with E-state index in [1.807, 2.05) is 70.4 Å². The Bertz CT molecular complexity index is 4730. The molecule has 6 bridgehead atoms. The van der Waals surface area contributed by atoms with Crippen LogP contribution in [-0.2, 0) is 20.8 Å². The zero-order valence-electron chi connectivity index (χ0n) is 79.5. The van der Waals surface area contributed by atoms with Crippen LogP contribution in [-0.4, -0.2) is 285 Å². The second-order valence-corrected chi connectivity index (χ2v) is 41.9. The van der Waals surface area contributed by atoms with Crippen LogP contribution in [0.3, 0.4) is 0 Å². The van der Waals surface area contributed by atoms with Gasteiger partial charge in [-0.25, -0.2) is 50.3 Å². The van der Waals surface area contributed by atoms with E-state index in [-0.39, 0.29) is 156 Å². The van der Waals surface area contributed by atoms with Crippen molar-refractivity contribution in [3.63, 3.8) is 0 Å². The monoisotopic (exact) mass is 1840 g/mol. The van der Waals surface area contributed by atoms with E-state index in [0.717, 1.165) is 102 Å². The fraction of sp³-hybridized carbons (Fsp3) is 0.700. The average molecular weight is 1840 g/mol. The van der Waals surface area contributed by atoms with Gasteiger partial charge in [-0.3, -0.25) is 34.8 Å². The van der Waals surface area contributed by atoms with Gasteiger partial charge in [-0.05, 0) is 248 Å². The van der Waals surface area contributed by atoms with Gasteiger partial charge < -0.3 is 66.6 Å². The van der Waals surface area contributed by atoms with Gasteiger partial charge in [0.15, 0.2) is 11.5 Å². The Morgan fingerprint density at radius 1 is 0.500 bits per heavy atom. The van der Waals surface area contributed by atoms with Crippen molar-refractivity contribution in [2.45, 2.75) is 326 Å². The molecule has 26 nitrogen and oxygen atoms in total. The van der Waals surface area contributed by atoms with Gasteiger partial charge in [0.25, 0.3) is 0 Å². The average Bonchev–Trinajstić information content (AvgIpc) is 0.736. The van der Waals surface area contributed by atoms with Crippen LogP contribution in [0.25, 0.3) is 28.0 Å². The molecule has 12 aliphatic heterocycles. The fourth-order valence-corrected chi connectivity index (χ4v) is 26.2. The summed E-state index contributed by atoms with van der Waals surface area (Å²) in [6, 6.07) is 9.55. The molecular weight excluding hydrogens is 1690 g/mol. The normalized spacial score (nSPS) is 36.3. The number of piperazine rings is 3. The van der Waals surface area contributed by atoms with E-state index in [2.05, 4.69) is 138 Å². The SMILES string of the molecule is C=CC(=O)N1C[C@H](C)N(C2NC(=O)N3C4NC(C(F)CC42)C2C(F)CCCC2NCCCC2CCNC(C(C)C)C23)C[C@H]1C.C=CC(=O)N1C[C@H](C)N(C2NC(=O)N3C4NC(C(F)CC42)C2C(F)CCCC2NCCCC2CCNC(C(C)C)C23)C[C@H]1C.C=CC(=O)N1C[C@H](C)N(c2nc(=O)n3c4nc(c(F)cc24)-c2c(F)cccc2NCCCc2cccc(C(C)C)c2-3)C[C@H]1C. The molecule has 2 aliphatic carbocycles. The van der Waals surface area contributed by atoms with Gasteiger partial charge in [0, 0.05) is 148 Å². The Morgan fingerprint density at radius 3 is 1.47 bits per heavy atom. The van der Waals surface area contributed by atoms with Crippen molar-refractivity contribution in [3.05, 3.63) is 114 Å². The number of nitrogens with zero attached hydrogens (tertiary/aromatic N) is 11. The van der Waals surface area contributed by atoms with Gasteiger partial charge in [0.1, 0.15) is 42.0 Å².